The van der Waals surface area contributed by atoms with Gasteiger partial charge in [0, 0.05) is 17.7 Å². The highest BCUT2D eigenvalue weighted by molar-refractivity contribution is 5.94. The third-order valence-corrected chi connectivity index (χ3v) is 5.31. The van der Waals surface area contributed by atoms with Gasteiger partial charge in [-0.1, -0.05) is 36.4 Å². The number of carbonyl (C=O) groups excluding carboxylic acids is 2. The zero-order chi connectivity index (χ0) is 22.0. The van der Waals surface area contributed by atoms with Crippen molar-refractivity contribution in [3.05, 3.63) is 71.8 Å². The van der Waals surface area contributed by atoms with E-state index in [0.717, 1.165) is 0 Å². The fourth-order valence-electron chi connectivity index (χ4n) is 3.86. The molecule has 0 aromatic heterocycles. The predicted molar refractivity (Wildman–Crippen MR) is 111 cm³/mol. The largest absolute Gasteiger partial charge is 0.388 e. The molecule has 2 aromatic carbocycles. The van der Waals surface area contributed by atoms with Gasteiger partial charge in [-0.05, 0) is 38.1 Å². The lowest BCUT2D eigenvalue weighted by Gasteiger charge is -2.29. The highest BCUT2D eigenvalue weighted by Crippen LogP contribution is 2.38. The molecule has 2 aliphatic heterocycles. The van der Waals surface area contributed by atoms with Crippen molar-refractivity contribution in [1.82, 2.24) is 10.6 Å². The Bertz CT molecular complexity index is 920. The first-order valence-corrected chi connectivity index (χ1v) is 10.2. The van der Waals surface area contributed by atoms with Gasteiger partial charge >= 0.3 is 0 Å². The second-order valence-corrected chi connectivity index (χ2v) is 8.08. The molecule has 0 spiro atoms. The number of carbonyl (C=O) groups is 2. The van der Waals surface area contributed by atoms with Crippen molar-refractivity contribution in [3.63, 3.8) is 0 Å². The van der Waals surface area contributed by atoms with Crippen LogP contribution in [-0.4, -0.2) is 59.9 Å². The second-order valence-electron chi connectivity index (χ2n) is 8.08. The number of benzene rings is 2. The highest BCUT2D eigenvalue weighted by atomic mass is 16.8. The molecule has 8 nitrogen and oxygen atoms in total. The number of hydrogen-bond donors (Lipinski definition) is 3. The van der Waals surface area contributed by atoms with Crippen molar-refractivity contribution < 1.29 is 28.9 Å². The third kappa shape index (κ3) is 4.77. The summed E-state index contributed by atoms with van der Waals surface area (Å²) in [5.41, 5.74) is 0.969. The maximum Gasteiger partial charge on any atom is 0.251 e. The predicted octanol–water partition coefficient (Wildman–Crippen LogP) is 1.45. The van der Waals surface area contributed by atoms with Crippen molar-refractivity contribution in [3.8, 4) is 0 Å². The van der Waals surface area contributed by atoms with Gasteiger partial charge in [-0.15, -0.1) is 0 Å². The Balaban J connectivity index is 1.45. The van der Waals surface area contributed by atoms with Gasteiger partial charge in [0.1, 0.15) is 12.2 Å². The maximum atomic E-state index is 12.8. The van der Waals surface area contributed by atoms with Crippen LogP contribution in [-0.2, 0) is 14.2 Å². The number of ether oxygens (including phenoxy) is 3. The Morgan fingerprint density at radius 1 is 0.968 bits per heavy atom. The van der Waals surface area contributed by atoms with Gasteiger partial charge in [-0.25, -0.2) is 0 Å². The molecule has 5 atom stereocenters. The molecular weight excluding hydrogens is 400 g/mol. The fraction of sp³-hybridized carbons (Fsp3) is 0.391. The van der Waals surface area contributed by atoms with E-state index in [9.17, 15) is 14.7 Å². The van der Waals surface area contributed by atoms with Gasteiger partial charge in [0.15, 0.2) is 12.1 Å². The molecular formula is C23H26N2O6. The summed E-state index contributed by atoms with van der Waals surface area (Å²) in [4.78, 5) is 25.1. The van der Waals surface area contributed by atoms with E-state index in [-0.39, 0.29) is 18.4 Å². The molecule has 2 fully saturated rings. The van der Waals surface area contributed by atoms with Crippen LogP contribution in [0.1, 0.15) is 34.6 Å². The normalized spacial score (nSPS) is 27.3. The number of fused-ring (bicyclic) bond motifs is 1. The number of aliphatic hydroxyl groups excluding tert-OH is 1. The average molecular weight is 426 g/mol. The van der Waals surface area contributed by atoms with E-state index >= 15 is 0 Å². The number of rotatable bonds is 6. The molecule has 2 amide bonds. The van der Waals surface area contributed by atoms with E-state index < -0.39 is 36.4 Å². The van der Waals surface area contributed by atoms with E-state index in [1.165, 1.54) is 0 Å². The minimum atomic E-state index is -1.09. The molecule has 2 aromatic rings. The Morgan fingerprint density at radius 3 is 2.16 bits per heavy atom. The van der Waals surface area contributed by atoms with Crippen LogP contribution in [0.4, 0.5) is 0 Å². The first kappa shape index (κ1) is 21.5. The molecule has 2 heterocycles. The standard InChI is InChI=1S/C23H26N2O6/c1-23(2)30-19-17(25-21(28)15-11-7-4-8-12-15)18(29-22(19)31-23)16(26)13-24-20(27)14-9-5-3-6-10-14/h3-12,16-19,22,26H,13H2,1-2H3,(H,24,27)(H,25,28)/t16-,17-,18+,19-,22-/m0/s1. The van der Waals surface area contributed by atoms with Gasteiger partial charge in [0.25, 0.3) is 11.8 Å². The molecule has 2 saturated heterocycles. The number of amides is 2. The van der Waals surface area contributed by atoms with E-state index in [1.54, 1.807) is 62.4 Å². The monoisotopic (exact) mass is 426 g/mol. The molecule has 0 bridgehead atoms. The van der Waals surface area contributed by atoms with E-state index in [1.807, 2.05) is 12.1 Å². The van der Waals surface area contributed by atoms with Crippen molar-refractivity contribution in [1.29, 1.82) is 0 Å². The lowest BCUT2D eigenvalue weighted by Crippen LogP contribution is -2.54. The van der Waals surface area contributed by atoms with Crippen molar-refractivity contribution in [2.75, 3.05) is 6.54 Å². The van der Waals surface area contributed by atoms with Crippen molar-refractivity contribution in [2.45, 2.75) is 50.3 Å². The zero-order valence-electron chi connectivity index (χ0n) is 17.4. The summed E-state index contributed by atoms with van der Waals surface area (Å²) < 4.78 is 17.6. The first-order valence-electron chi connectivity index (χ1n) is 10.2. The zero-order valence-corrected chi connectivity index (χ0v) is 17.4. The number of hydrogen-bond acceptors (Lipinski definition) is 6. The van der Waals surface area contributed by atoms with Crippen LogP contribution in [0.25, 0.3) is 0 Å². The summed E-state index contributed by atoms with van der Waals surface area (Å²) in [6.45, 7) is 3.46. The molecule has 164 valence electrons. The summed E-state index contributed by atoms with van der Waals surface area (Å²) in [6.07, 6.45) is -3.24. The molecule has 0 unspecified atom stereocenters. The van der Waals surface area contributed by atoms with E-state index in [4.69, 9.17) is 14.2 Å². The summed E-state index contributed by atoms with van der Waals surface area (Å²) in [5, 5.41) is 16.4. The van der Waals surface area contributed by atoms with Crippen LogP contribution in [0.2, 0.25) is 0 Å². The molecule has 31 heavy (non-hydrogen) atoms. The maximum absolute atomic E-state index is 12.8. The lowest BCUT2D eigenvalue weighted by molar-refractivity contribution is -0.216. The lowest BCUT2D eigenvalue weighted by atomic mass is 10.0. The second kappa shape index (κ2) is 8.76. The van der Waals surface area contributed by atoms with E-state index in [0.29, 0.717) is 11.1 Å². The van der Waals surface area contributed by atoms with Crippen LogP contribution in [0, 0.1) is 0 Å². The van der Waals surface area contributed by atoms with Crippen molar-refractivity contribution >= 4 is 11.8 Å². The molecule has 8 heteroatoms. The quantitative estimate of drug-likeness (QED) is 0.646. The SMILES string of the molecule is CC1(C)O[C@@H]2O[C@H]([C@@H](O)CNC(=O)c3ccccc3)[C@H](NC(=O)c3ccccc3)[C@@H]2O1. The van der Waals surface area contributed by atoms with Crippen LogP contribution >= 0.6 is 0 Å². The molecule has 4 rings (SSSR count). The van der Waals surface area contributed by atoms with Gasteiger partial charge in [-0.3, -0.25) is 9.59 Å². The third-order valence-electron chi connectivity index (χ3n) is 5.31. The highest BCUT2D eigenvalue weighted by Gasteiger charge is 2.56. The molecule has 0 aliphatic carbocycles. The minimum absolute atomic E-state index is 0.0566. The smallest absolute Gasteiger partial charge is 0.251 e. The van der Waals surface area contributed by atoms with Gasteiger partial charge in [0.05, 0.1) is 12.1 Å². The average Bonchev–Trinajstić information content (AvgIpc) is 3.25. The summed E-state index contributed by atoms with van der Waals surface area (Å²) >= 11 is 0. The number of aliphatic hydroxyl groups is 1. The minimum Gasteiger partial charge on any atom is -0.388 e. The number of nitrogens with one attached hydrogen (secondary N) is 2. The van der Waals surface area contributed by atoms with Crippen LogP contribution < -0.4 is 10.6 Å². The molecule has 0 radical (unpaired) electrons. The molecule has 3 N–H and O–H groups in total. The summed E-state index contributed by atoms with van der Waals surface area (Å²) in [7, 11) is 0. The van der Waals surface area contributed by atoms with Crippen LogP contribution in [0.15, 0.2) is 60.7 Å². The molecule has 0 saturated carbocycles. The Morgan fingerprint density at radius 2 is 1.55 bits per heavy atom. The van der Waals surface area contributed by atoms with Crippen molar-refractivity contribution in [2.24, 2.45) is 0 Å². The van der Waals surface area contributed by atoms with Gasteiger partial charge in [0.2, 0.25) is 0 Å². The Kier molecular flexibility index (Phi) is 6.06. The fourth-order valence-corrected chi connectivity index (χ4v) is 3.86. The Hall–Kier alpha value is -2.78. The van der Waals surface area contributed by atoms with Gasteiger partial charge in [-0.2, -0.15) is 0 Å². The topological polar surface area (TPSA) is 106 Å². The van der Waals surface area contributed by atoms with Gasteiger partial charge < -0.3 is 30.0 Å². The first-order chi connectivity index (χ1) is 14.8. The summed E-state index contributed by atoms with van der Waals surface area (Å²) in [5.74, 6) is -1.49. The van der Waals surface area contributed by atoms with Crippen LogP contribution in [0.5, 0.6) is 0 Å². The van der Waals surface area contributed by atoms with E-state index in [2.05, 4.69) is 10.6 Å². The Labute approximate surface area is 180 Å². The van der Waals surface area contributed by atoms with Crippen LogP contribution in [0.3, 0.4) is 0 Å². The molecule has 2 aliphatic rings. The summed E-state index contributed by atoms with van der Waals surface area (Å²) in [6, 6.07) is 16.8.